The number of hydrogen-bond donors (Lipinski definition) is 1. The second-order valence-corrected chi connectivity index (χ2v) is 6.11. The number of rotatable bonds is 2. The zero-order chi connectivity index (χ0) is 13.5. The molecule has 0 aliphatic carbocycles. The maximum absolute atomic E-state index is 5.46. The Bertz CT molecular complexity index is 473. The number of benzene rings is 1. The Morgan fingerprint density at radius 1 is 1.26 bits per heavy atom. The maximum Gasteiger partial charge on any atom is 0.231 e. The molecule has 2 heterocycles. The number of piperidine rings is 1. The molecule has 0 spiro atoms. The van der Waals surface area contributed by atoms with Crippen LogP contribution >= 0.6 is 0 Å². The number of fused-ring (bicyclic) bond motifs is 1. The molecular formula is C15H22N2O2. The van der Waals surface area contributed by atoms with Crippen LogP contribution in [-0.4, -0.2) is 32.0 Å². The van der Waals surface area contributed by atoms with Gasteiger partial charge in [0.2, 0.25) is 6.79 Å². The number of nitrogens with zero attached hydrogens (tertiary/aromatic N) is 1. The third-order valence-electron chi connectivity index (χ3n) is 4.14. The van der Waals surface area contributed by atoms with Crippen molar-refractivity contribution in [1.29, 1.82) is 0 Å². The van der Waals surface area contributed by atoms with Crippen molar-refractivity contribution >= 4 is 5.69 Å². The van der Waals surface area contributed by atoms with Crippen molar-refractivity contribution in [3.8, 4) is 11.5 Å². The van der Waals surface area contributed by atoms with Crippen LogP contribution in [0.15, 0.2) is 18.2 Å². The predicted octanol–water partition coefficient (Wildman–Crippen LogP) is 2.38. The van der Waals surface area contributed by atoms with Crippen molar-refractivity contribution < 1.29 is 9.47 Å². The molecule has 0 aromatic heterocycles. The fourth-order valence-electron chi connectivity index (χ4n) is 2.99. The first kappa shape index (κ1) is 12.6. The Morgan fingerprint density at radius 2 is 2.05 bits per heavy atom. The second-order valence-electron chi connectivity index (χ2n) is 6.11. The van der Waals surface area contributed by atoms with Crippen LogP contribution in [0, 0.1) is 0 Å². The molecular weight excluding hydrogens is 240 g/mol. The van der Waals surface area contributed by atoms with Crippen molar-refractivity contribution in [2.45, 2.75) is 38.3 Å². The molecule has 1 fully saturated rings. The van der Waals surface area contributed by atoms with Crippen LogP contribution in [-0.2, 0) is 0 Å². The average Bonchev–Trinajstić information content (AvgIpc) is 2.83. The molecule has 19 heavy (non-hydrogen) atoms. The van der Waals surface area contributed by atoms with Gasteiger partial charge in [-0.15, -0.1) is 0 Å². The molecule has 2 aliphatic rings. The van der Waals surface area contributed by atoms with Crippen molar-refractivity contribution in [2.24, 2.45) is 0 Å². The molecule has 0 bridgehead atoms. The number of ether oxygens (including phenoxy) is 2. The summed E-state index contributed by atoms with van der Waals surface area (Å²) in [5.74, 6) is 1.71. The Morgan fingerprint density at radius 3 is 2.84 bits per heavy atom. The Hall–Kier alpha value is -1.42. The minimum atomic E-state index is 0.216. The third-order valence-corrected chi connectivity index (χ3v) is 4.14. The van der Waals surface area contributed by atoms with E-state index in [0.29, 0.717) is 12.8 Å². The Labute approximate surface area is 114 Å². The minimum absolute atomic E-state index is 0.216. The topological polar surface area (TPSA) is 33.7 Å². The summed E-state index contributed by atoms with van der Waals surface area (Å²) in [6, 6.07) is 6.76. The monoisotopic (exact) mass is 262 g/mol. The molecule has 1 aromatic carbocycles. The molecule has 1 saturated heterocycles. The summed E-state index contributed by atoms with van der Waals surface area (Å²) in [6.45, 7) is 5.95. The zero-order valence-corrected chi connectivity index (χ0v) is 11.9. The molecule has 2 aliphatic heterocycles. The van der Waals surface area contributed by atoms with Gasteiger partial charge < -0.3 is 19.7 Å². The SMILES string of the molecule is CN(c1ccc2c(c1)OCO2)C1CCNC(C)(C)C1. The molecule has 1 atom stereocenters. The van der Waals surface area contributed by atoms with Crippen LogP contribution in [0.25, 0.3) is 0 Å². The largest absolute Gasteiger partial charge is 0.454 e. The van der Waals surface area contributed by atoms with Gasteiger partial charge in [-0.2, -0.15) is 0 Å². The molecule has 1 unspecified atom stereocenters. The molecule has 3 rings (SSSR count). The minimum Gasteiger partial charge on any atom is -0.454 e. The van der Waals surface area contributed by atoms with Crippen LogP contribution in [0.1, 0.15) is 26.7 Å². The first-order chi connectivity index (χ1) is 9.05. The van der Waals surface area contributed by atoms with Gasteiger partial charge in [0.15, 0.2) is 11.5 Å². The first-order valence-corrected chi connectivity index (χ1v) is 6.93. The lowest BCUT2D eigenvalue weighted by atomic mass is 9.88. The van der Waals surface area contributed by atoms with Gasteiger partial charge in [-0.1, -0.05) is 0 Å². The fourth-order valence-corrected chi connectivity index (χ4v) is 2.99. The van der Waals surface area contributed by atoms with Crippen LogP contribution < -0.4 is 19.7 Å². The van der Waals surface area contributed by atoms with E-state index in [1.54, 1.807) is 0 Å². The molecule has 0 radical (unpaired) electrons. The zero-order valence-electron chi connectivity index (χ0n) is 11.9. The molecule has 1 N–H and O–H groups in total. The van der Waals surface area contributed by atoms with E-state index in [1.807, 2.05) is 6.07 Å². The normalized spacial score (nSPS) is 24.3. The summed E-state index contributed by atoms with van der Waals surface area (Å²) in [6.07, 6.45) is 2.33. The van der Waals surface area contributed by atoms with Crippen molar-refractivity contribution in [3.63, 3.8) is 0 Å². The lowest BCUT2D eigenvalue weighted by molar-refractivity contribution is 0.174. The van der Waals surface area contributed by atoms with Gasteiger partial charge >= 0.3 is 0 Å². The molecule has 104 valence electrons. The fraction of sp³-hybridized carbons (Fsp3) is 0.600. The lowest BCUT2D eigenvalue weighted by Crippen LogP contribution is -2.52. The first-order valence-electron chi connectivity index (χ1n) is 6.93. The summed E-state index contributed by atoms with van der Waals surface area (Å²) in [4.78, 5) is 2.37. The number of nitrogens with one attached hydrogen (secondary N) is 1. The maximum atomic E-state index is 5.46. The molecule has 0 saturated carbocycles. The number of hydrogen-bond acceptors (Lipinski definition) is 4. The lowest BCUT2D eigenvalue weighted by Gasteiger charge is -2.41. The Kier molecular flexibility index (Phi) is 3.05. The van der Waals surface area contributed by atoms with E-state index in [2.05, 4.69) is 43.2 Å². The molecule has 4 heteroatoms. The van der Waals surface area contributed by atoms with E-state index in [0.717, 1.165) is 24.5 Å². The second kappa shape index (κ2) is 4.60. The average molecular weight is 262 g/mol. The van der Waals surface area contributed by atoms with Gasteiger partial charge in [0.25, 0.3) is 0 Å². The molecule has 0 amide bonds. The van der Waals surface area contributed by atoms with Gasteiger partial charge in [-0.25, -0.2) is 0 Å². The molecule has 4 nitrogen and oxygen atoms in total. The van der Waals surface area contributed by atoms with E-state index >= 15 is 0 Å². The highest BCUT2D eigenvalue weighted by molar-refractivity contribution is 5.57. The van der Waals surface area contributed by atoms with E-state index in [-0.39, 0.29) is 5.54 Å². The summed E-state index contributed by atoms with van der Waals surface area (Å²) in [5, 5.41) is 3.56. The van der Waals surface area contributed by atoms with E-state index < -0.39 is 0 Å². The van der Waals surface area contributed by atoms with Crippen molar-refractivity contribution in [2.75, 3.05) is 25.3 Å². The standard InChI is InChI=1S/C15H22N2O2/c1-15(2)9-12(6-7-16-15)17(3)11-4-5-13-14(8-11)19-10-18-13/h4-5,8,12,16H,6-7,9-10H2,1-3H3. The summed E-state index contributed by atoms with van der Waals surface area (Å²) >= 11 is 0. The van der Waals surface area contributed by atoms with Gasteiger partial charge in [-0.05, 0) is 45.4 Å². The van der Waals surface area contributed by atoms with E-state index in [4.69, 9.17) is 9.47 Å². The number of anilines is 1. The van der Waals surface area contributed by atoms with E-state index in [9.17, 15) is 0 Å². The van der Waals surface area contributed by atoms with Gasteiger partial charge in [0.1, 0.15) is 0 Å². The highest BCUT2D eigenvalue weighted by Gasteiger charge is 2.30. The smallest absolute Gasteiger partial charge is 0.231 e. The highest BCUT2D eigenvalue weighted by Crippen LogP contribution is 2.36. The summed E-state index contributed by atoms with van der Waals surface area (Å²) < 4.78 is 10.8. The van der Waals surface area contributed by atoms with Crippen LogP contribution in [0.4, 0.5) is 5.69 Å². The van der Waals surface area contributed by atoms with Crippen molar-refractivity contribution in [1.82, 2.24) is 5.32 Å². The van der Waals surface area contributed by atoms with Gasteiger partial charge in [-0.3, -0.25) is 0 Å². The van der Waals surface area contributed by atoms with Crippen LogP contribution in [0.5, 0.6) is 11.5 Å². The van der Waals surface area contributed by atoms with Gasteiger partial charge in [0.05, 0.1) is 0 Å². The highest BCUT2D eigenvalue weighted by atomic mass is 16.7. The van der Waals surface area contributed by atoms with Gasteiger partial charge in [0, 0.05) is 30.4 Å². The Balaban J connectivity index is 1.78. The molecule has 1 aromatic rings. The van der Waals surface area contributed by atoms with E-state index in [1.165, 1.54) is 12.1 Å². The predicted molar refractivity (Wildman–Crippen MR) is 76.1 cm³/mol. The van der Waals surface area contributed by atoms with Crippen LogP contribution in [0.3, 0.4) is 0 Å². The summed E-state index contributed by atoms with van der Waals surface area (Å²) in [7, 11) is 2.17. The van der Waals surface area contributed by atoms with Crippen LogP contribution in [0.2, 0.25) is 0 Å². The summed E-state index contributed by atoms with van der Waals surface area (Å²) in [5.41, 5.74) is 1.42. The third kappa shape index (κ3) is 2.50. The quantitative estimate of drug-likeness (QED) is 0.887. The van der Waals surface area contributed by atoms with Crippen molar-refractivity contribution in [3.05, 3.63) is 18.2 Å².